The highest BCUT2D eigenvalue weighted by atomic mass is 19.1. The number of anilines is 1. The van der Waals surface area contributed by atoms with Crippen LogP contribution in [0.3, 0.4) is 0 Å². The van der Waals surface area contributed by atoms with Crippen molar-refractivity contribution in [2.45, 2.75) is 13.5 Å². The Morgan fingerprint density at radius 3 is 2.74 bits per heavy atom. The number of halogens is 1. The zero-order chi connectivity index (χ0) is 21.6. The molecule has 1 N–H and O–H groups in total. The lowest BCUT2D eigenvalue weighted by Crippen LogP contribution is -2.09. The van der Waals surface area contributed by atoms with Crippen LogP contribution in [0.2, 0.25) is 0 Å². The second kappa shape index (κ2) is 9.17. The summed E-state index contributed by atoms with van der Waals surface area (Å²) >= 11 is 0. The third-order valence-corrected chi connectivity index (χ3v) is 4.78. The number of amides is 1. The molecule has 0 spiro atoms. The number of benzene rings is 2. The van der Waals surface area contributed by atoms with E-state index in [1.165, 1.54) is 18.2 Å². The van der Waals surface area contributed by atoms with Crippen molar-refractivity contribution in [1.82, 2.24) is 14.8 Å². The molecule has 2 aromatic heterocycles. The minimum atomic E-state index is -0.397. The number of nitrogens with zero attached hydrogens (tertiary/aromatic N) is 3. The standard InChI is InChI=1S/C25H21FN4O/c1-18-9-11-22(26)14-23(18)28-24(31)12-10-21-17-30(16-19-6-3-2-4-7-19)29-25(21)20-8-5-13-27-15-20/h2-15,17H,16H2,1H3,(H,28,31)/b12-10+. The van der Waals surface area contributed by atoms with Crippen LogP contribution in [0, 0.1) is 12.7 Å². The Kier molecular flexibility index (Phi) is 5.98. The highest BCUT2D eigenvalue weighted by Gasteiger charge is 2.11. The fraction of sp³-hybridized carbons (Fsp3) is 0.0800. The molecular weight excluding hydrogens is 391 g/mol. The first kappa shape index (κ1) is 20.2. The number of hydrogen-bond acceptors (Lipinski definition) is 3. The summed E-state index contributed by atoms with van der Waals surface area (Å²) in [5.41, 5.74) is 4.73. The lowest BCUT2D eigenvalue weighted by Gasteiger charge is -2.06. The summed E-state index contributed by atoms with van der Waals surface area (Å²) in [6, 6.07) is 18.1. The molecule has 2 heterocycles. The monoisotopic (exact) mass is 412 g/mol. The van der Waals surface area contributed by atoms with Gasteiger partial charge in [-0.15, -0.1) is 0 Å². The zero-order valence-electron chi connectivity index (χ0n) is 17.0. The molecule has 0 unspecified atom stereocenters. The van der Waals surface area contributed by atoms with Crippen molar-refractivity contribution in [3.63, 3.8) is 0 Å². The molecule has 0 fully saturated rings. The molecule has 0 aliphatic rings. The molecule has 0 radical (unpaired) electrons. The number of nitrogens with one attached hydrogen (secondary N) is 1. The van der Waals surface area contributed by atoms with Gasteiger partial charge in [-0.25, -0.2) is 4.39 Å². The van der Waals surface area contributed by atoms with E-state index >= 15 is 0 Å². The molecule has 31 heavy (non-hydrogen) atoms. The SMILES string of the molecule is Cc1ccc(F)cc1NC(=O)/C=C/c1cn(Cc2ccccc2)nc1-c1cccnc1. The van der Waals surface area contributed by atoms with Crippen molar-refractivity contribution in [3.05, 3.63) is 108 Å². The van der Waals surface area contributed by atoms with E-state index in [1.54, 1.807) is 24.5 Å². The van der Waals surface area contributed by atoms with Crippen molar-refractivity contribution >= 4 is 17.7 Å². The Morgan fingerprint density at radius 2 is 1.97 bits per heavy atom. The smallest absolute Gasteiger partial charge is 0.248 e. The van der Waals surface area contributed by atoms with Gasteiger partial charge in [0.2, 0.25) is 5.91 Å². The maximum absolute atomic E-state index is 13.5. The Hall–Kier alpha value is -4.06. The summed E-state index contributed by atoms with van der Waals surface area (Å²) in [4.78, 5) is 16.6. The lowest BCUT2D eigenvalue weighted by atomic mass is 10.1. The number of aromatic nitrogens is 3. The maximum Gasteiger partial charge on any atom is 0.248 e. The summed E-state index contributed by atoms with van der Waals surface area (Å²) in [5.74, 6) is -0.743. The fourth-order valence-corrected chi connectivity index (χ4v) is 3.21. The molecule has 4 rings (SSSR count). The van der Waals surface area contributed by atoms with E-state index in [-0.39, 0.29) is 5.91 Å². The van der Waals surface area contributed by atoms with Crippen LogP contribution in [0.5, 0.6) is 0 Å². The lowest BCUT2D eigenvalue weighted by molar-refractivity contribution is -0.111. The highest BCUT2D eigenvalue weighted by Crippen LogP contribution is 2.23. The average molecular weight is 412 g/mol. The third kappa shape index (κ3) is 5.11. The highest BCUT2D eigenvalue weighted by molar-refractivity contribution is 6.02. The molecule has 0 aliphatic heterocycles. The summed E-state index contributed by atoms with van der Waals surface area (Å²) < 4.78 is 15.3. The second-order valence-corrected chi connectivity index (χ2v) is 7.14. The number of carbonyl (C=O) groups excluding carboxylic acids is 1. The number of carbonyl (C=O) groups is 1. The normalized spacial score (nSPS) is 11.0. The van der Waals surface area contributed by atoms with Gasteiger partial charge in [0.1, 0.15) is 11.5 Å². The van der Waals surface area contributed by atoms with Crippen molar-refractivity contribution in [2.24, 2.45) is 0 Å². The van der Waals surface area contributed by atoms with Gasteiger partial charge in [0.15, 0.2) is 0 Å². The topological polar surface area (TPSA) is 59.8 Å². The molecule has 154 valence electrons. The maximum atomic E-state index is 13.5. The van der Waals surface area contributed by atoms with Gasteiger partial charge in [-0.05, 0) is 48.4 Å². The van der Waals surface area contributed by atoms with Crippen molar-refractivity contribution in [3.8, 4) is 11.3 Å². The predicted octanol–water partition coefficient (Wildman–Crippen LogP) is 5.09. The molecule has 0 bridgehead atoms. The molecule has 0 aliphatic carbocycles. The van der Waals surface area contributed by atoms with E-state index in [0.29, 0.717) is 12.2 Å². The molecule has 2 aromatic carbocycles. The van der Waals surface area contributed by atoms with E-state index in [0.717, 1.165) is 27.9 Å². The third-order valence-electron chi connectivity index (χ3n) is 4.78. The van der Waals surface area contributed by atoms with Gasteiger partial charge in [-0.1, -0.05) is 36.4 Å². The van der Waals surface area contributed by atoms with E-state index in [4.69, 9.17) is 5.10 Å². The first-order valence-corrected chi connectivity index (χ1v) is 9.85. The minimum absolute atomic E-state index is 0.346. The number of aryl methyl sites for hydroxylation is 1. The molecule has 0 saturated carbocycles. The molecule has 4 aromatic rings. The van der Waals surface area contributed by atoms with Crippen LogP contribution in [0.25, 0.3) is 17.3 Å². The Labute approximate surface area is 179 Å². The van der Waals surface area contributed by atoms with Gasteiger partial charge >= 0.3 is 0 Å². The number of hydrogen-bond donors (Lipinski definition) is 1. The fourth-order valence-electron chi connectivity index (χ4n) is 3.21. The van der Waals surface area contributed by atoms with E-state index < -0.39 is 5.82 Å². The predicted molar refractivity (Wildman–Crippen MR) is 120 cm³/mol. The molecule has 1 amide bonds. The molecule has 6 heteroatoms. The summed E-state index contributed by atoms with van der Waals surface area (Å²) in [7, 11) is 0. The van der Waals surface area contributed by atoms with Gasteiger partial charge in [0.25, 0.3) is 0 Å². The molecule has 5 nitrogen and oxygen atoms in total. The molecular formula is C25H21FN4O. The first-order chi connectivity index (χ1) is 15.1. The quantitative estimate of drug-likeness (QED) is 0.449. The van der Waals surface area contributed by atoms with Crippen molar-refractivity contribution < 1.29 is 9.18 Å². The van der Waals surface area contributed by atoms with Gasteiger partial charge in [0.05, 0.1) is 6.54 Å². The Balaban J connectivity index is 1.60. The van der Waals surface area contributed by atoms with Gasteiger partial charge in [-0.2, -0.15) is 5.10 Å². The van der Waals surface area contributed by atoms with Gasteiger partial charge in [0, 0.05) is 41.5 Å². The van der Waals surface area contributed by atoms with Crippen LogP contribution in [0.4, 0.5) is 10.1 Å². The summed E-state index contributed by atoms with van der Waals surface area (Å²) in [5, 5.41) is 7.43. The van der Waals surface area contributed by atoms with E-state index in [1.807, 2.05) is 60.3 Å². The van der Waals surface area contributed by atoms with Crippen LogP contribution < -0.4 is 5.32 Å². The van der Waals surface area contributed by atoms with Crippen LogP contribution in [0.1, 0.15) is 16.7 Å². The van der Waals surface area contributed by atoms with Crippen LogP contribution >= 0.6 is 0 Å². The van der Waals surface area contributed by atoms with Gasteiger partial charge < -0.3 is 5.32 Å². The zero-order valence-corrected chi connectivity index (χ0v) is 17.0. The van der Waals surface area contributed by atoms with E-state index in [2.05, 4.69) is 10.3 Å². The van der Waals surface area contributed by atoms with Crippen molar-refractivity contribution in [2.75, 3.05) is 5.32 Å². The first-order valence-electron chi connectivity index (χ1n) is 9.85. The van der Waals surface area contributed by atoms with Crippen molar-refractivity contribution in [1.29, 1.82) is 0 Å². The van der Waals surface area contributed by atoms with Crippen LogP contribution in [0.15, 0.2) is 85.3 Å². The largest absolute Gasteiger partial charge is 0.322 e. The second-order valence-electron chi connectivity index (χ2n) is 7.14. The Morgan fingerprint density at radius 1 is 1.13 bits per heavy atom. The average Bonchev–Trinajstić information content (AvgIpc) is 3.19. The van der Waals surface area contributed by atoms with Crippen LogP contribution in [-0.4, -0.2) is 20.7 Å². The Bertz CT molecular complexity index is 1220. The number of pyridine rings is 1. The minimum Gasteiger partial charge on any atom is -0.322 e. The summed E-state index contributed by atoms with van der Waals surface area (Å²) in [6.45, 7) is 2.42. The van der Waals surface area contributed by atoms with E-state index in [9.17, 15) is 9.18 Å². The van der Waals surface area contributed by atoms with Gasteiger partial charge in [-0.3, -0.25) is 14.5 Å². The number of rotatable bonds is 6. The van der Waals surface area contributed by atoms with Crippen LogP contribution in [-0.2, 0) is 11.3 Å². The summed E-state index contributed by atoms with van der Waals surface area (Å²) in [6.07, 6.45) is 8.47. The molecule has 0 atom stereocenters. The molecule has 0 saturated heterocycles.